The minimum Gasteiger partial charge on any atom is -0.207 e. The molecular weight excluding hydrogens is 270 g/mol. The maximum Gasteiger partial charge on any atom is 0.243 e. The maximum atomic E-state index is 13.0. The molecule has 3 nitrogen and oxygen atoms in total. The van der Waals surface area contributed by atoms with Crippen LogP contribution >= 0.6 is 0 Å². The Bertz CT molecular complexity index is 519. The van der Waals surface area contributed by atoms with E-state index in [2.05, 4.69) is 27.7 Å². The summed E-state index contributed by atoms with van der Waals surface area (Å²) >= 11 is 0. The number of sulfonamides is 1. The predicted octanol–water partition coefficient (Wildman–Crippen LogP) is 3.83. The molecule has 0 aromatic heterocycles. The highest BCUT2D eigenvalue weighted by Gasteiger charge is 2.30. The topological polar surface area (TPSA) is 37.4 Å². The van der Waals surface area contributed by atoms with Crippen LogP contribution in [0.3, 0.4) is 0 Å². The summed E-state index contributed by atoms with van der Waals surface area (Å²) < 4.78 is 27.6. The lowest BCUT2D eigenvalue weighted by atomic mass is 10.1. The zero-order valence-electron chi connectivity index (χ0n) is 13.3. The van der Waals surface area contributed by atoms with Crippen molar-refractivity contribution in [1.82, 2.24) is 4.31 Å². The molecule has 0 N–H and O–H groups in total. The molecule has 0 heterocycles. The molecule has 1 aromatic rings. The third-order valence-electron chi connectivity index (χ3n) is 3.58. The highest BCUT2D eigenvalue weighted by atomic mass is 32.2. The molecule has 0 saturated heterocycles. The van der Waals surface area contributed by atoms with Gasteiger partial charge in [-0.3, -0.25) is 0 Å². The van der Waals surface area contributed by atoms with Gasteiger partial charge in [0.15, 0.2) is 0 Å². The highest BCUT2D eigenvalue weighted by Crippen LogP contribution is 2.24. The lowest BCUT2D eigenvalue weighted by molar-refractivity contribution is 0.277. The Morgan fingerprint density at radius 2 is 1.65 bits per heavy atom. The van der Waals surface area contributed by atoms with Crippen LogP contribution in [0.2, 0.25) is 0 Å². The molecule has 0 bridgehead atoms. The Balaban J connectivity index is 3.27. The number of benzene rings is 1. The third kappa shape index (κ3) is 3.83. The number of aryl methyl sites for hydroxylation is 1. The molecule has 0 fully saturated rings. The molecular formula is C16H27NO2S. The van der Waals surface area contributed by atoms with E-state index < -0.39 is 10.0 Å². The van der Waals surface area contributed by atoms with Gasteiger partial charge in [0.25, 0.3) is 0 Å². The molecule has 0 atom stereocenters. The Morgan fingerprint density at radius 1 is 1.10 bits per heavy atom. The van der Waals surface area contributed by atoms with E-state index in [-0.39, 0.29) is 6.04 Å². The van der Waals surface area contributed by atoms with Gasteiger partial charge in [0.1, 0.15) is 0 Å². The van der Waals surface area contributed by atoms with Crippen molar-refractivity contribution in [3.63, 3.8) is 0 Å². The van der Waals surface area contributed by atoms with E-state index in [1.807, 2.05) is 19.1 Å². The second-order valence-corrected chi connectivity index (χ2v) is 7.56. The normalized spacial score (nSPS) is 12.6. The van der Waals surface area contributed by atoms with Crippen molar-refractivity contribution in [3.8, 4) is 0 Å². The van der Waals surface area contributed by atoms with Crippen molar-refractivity contribution in [1.29, 1.82) is 0 Å². The van der Waals surface area contributed by atoms with Crippen LogP contribution in [-0.4, -0.2) is 25.3 Å². The summed E-state index contributed by atoms with van der Waals surface area (Å²) in [4.78, 5) is 0.438. The SMILES string of the molecule is CCC(CC)N(CC(C)C)S(=O)(=O)c1ccccc1C. The first kappa shape index (κ1) is 17.2. The van der Waals surface area contributed by atoms with Crippen molar-refractivity contribution < 1.29 is 8.42 Å². The summed E-state index contributed by atoms with van der Waals surface area (Å²) in [6, 6.07) is 7.30. The van der Waals surface area contributed by atoms with Gasteiger partial charge >= 0.3 is 0 Å². The Morgan fingerprint density at radius 3 is 2.10 bits per heavy atom. The molecule has 0 aliphatic rings. The van der Waals surface area contributed by atoms with E-state index in [9.17, 15) is 8.42 Å². The van der Waals surface area contributed by atoms with E-state index in [1.54, 1.807) is 16.4 Å². The zero-order chi connectivity index (χ0) is 15.3. The van der Waals surface area contributed by atoms with Gasteiger partial charge in [-0.15, -0.1) is 0 Å². The molecule has 1 rings (SSSR count). The average Bonchev–Trinajstić information content (AvgIpc) is 2.38. The standard InChI is InChI=1S/C16H27NO2S/c1-6-15(7-2)17(12-13(3)4)20(18,19)16-11-9-8-10-14(16)5/h8-11,13,15H,6-7,12H2,1-5H3. The smallest absolute Gasteiger partial charge is 0.207 e. The van der Waals surface area contributed by atoms with Crippen molar-refractivity contribution in [2.75, 3.05) is 6.54 Å². The van der Waals surface area contributed by atoms with Crippen LogP contribution in [0.25, 0.3) is 0 Å². The molecule has 20 heavy (non-hydrogen) atoms. The molecule has 0 amide bonds. The fourth-order valence-electron chi connectivity index (χ4n) is 2.47. The quantitative estimate of drug-likeness (QED) is 0.767. The van der Waals surface area contributed by atoms with E-state index in [1.165, 1.54) is 0 Å². The Labute approximate surface area is 124 Å². The third-order valence-corrected chi connectivity index (χ3v) is 5.65. The Hall–Kier alpha value is -0.870. The molecule has 114 valence electrons. The fraction of sp³-hybridized carbons (Fsp3) is 0.625. The monoisotopic (exact) mass is 297 g/mol. The van der Waals surface area contributed by atoms with Crippen LogP contribution in [-0.2, 0) is 10.0 Å². The summed E-state index contributed by atoms with van der Waals surface area (Å²) in [6.07, 6.45) is 1.68. The van der Waals surface area contributed by atoms with Crippen LogP contribution in [0.1, 0.15) is 46.1 Å². The van der Waals surface area contributed by atoms with Crippen LogP contribution < -0.4 is 0 Å². The lowest BCUT2D eigenvalue weighted by Crippen LogP contribution is -2.42. The van der Waals surface area contributed by atoms with Crippen LogP contribution in [0.4, 0.5) is 0 Å². The van der Waals surface area contributed by atoms with Gasteiger partial charge in [-0.2, -0.15) is 4.31 Å². The van der Waals surface area contributed by atoms with E-state index in [0.717, 1.165) is 18.4 Å². The molecule has 0 spiro atoms. The average molecular weight is 297 g/mol. The minimum absolute atomic E-state index is 0.0713. The maximum absolute atomic E-state index is 13.0. The fourth-order valence-corrected chi connectivity index (χ4v) is 4.63. The minimum atomic E-state index is -3.42. The molecule has 0 unspecified atom stereocenters. The largest absolute Gasteiger partial charge is 0.243 e. The van der Waals surface area contributed by atoms with Crippen molar-refractivity contribution >= 4 is 10.0 Å². The van der Waals surface area contributed by atoms with Gasteiger partial charge in [-0.05, 0) is 37.3 Å². The molecule has 4 heteroatoms. The summed E-state index contributed by atoms with van der Waals surface area (Å²) in [6.45, 7) is 10.6. The van der Waals surface area contributed by atoms with Gasteiger partial charge in [-0.25, -0.2) is 8.42 Å². The molecule has 0 aliphatic carbocycles. The van der Waals surface area contributed by atoms with Gasteiger partial charge in [0.2, 0.25) is 10.0 Å². The molecule has 1 aromatic carbocycles. The lowest BCUT2D eigenvalue weighted by Gasteiger charge is -2.31. The predicted molar refractivity (Wildman–Crippen MR) is 84.3 cm³/mol. The van der Waals surface area contributed by atoms with E-state index in [0.29, 0.717) is 17.4 Å². The van der Waals surface area contributed by atoms with Crippen molar-refractivity contribution in [3.05, 3.63) is 29.8 Å². The van der Waals surface area contributed by atoms with Gasteiger partial charge < -0.3 is 0 Å². The van der Waals surface area contributed by atoms with E-state index in [4.69, 9.17) is 0 Å². The first-order chi connectivity index (χ1) is 9.34. The zero-order valence-corrected chi connectivity index (χ0v) is 14.1. The number of nitrogens with zero attached hydrogens (tertiary/aromatic N) is 1. The molecule has 0 aliphatic heterocycles. The summed E-state index contributed by atoms with van der Waals surface area (Å²) in [5.74, 6) is 0.314. The number of hydrogen-bond donors (Lipinski definition) is 0. The van der Waals surface area contributed by atoms with Crippen molar-refractivity contribution in [2.24, 2.45) is 5.92 Å². The second kappa shape index (κ2) is 7.23. The summed E-state index contributed by atoms with van der Waals surface area (Å²) in [7, 11) is -3.42. The first-order valence-electron chi connectivity index (χ1n) is 7.42. The van der Waals surface area contributed by atoms with Crippen LogP contribution in [0.5, 0.6) is 0 Å². The summed E-state index contributed by atoms with van der Waals surface area (Å²) in [5, 5.41) is 0. The highest BCUT2D eigenvalue weighted by molar-refractivity contribution is 7.89. The molecule has 0 radical (unpaired) electrons. The van der Waals surface area contributed by atoms with E-state index >= 15 is 0 Å². The number of rotatable bonds is 7. The number of hydrogen-bond acceptors (Lipinski definition) is 2. The van der Waals surface area contributed by atoms with Crippen LogP contribution in [0.15, 0.2) is 29.2 Å². The van der Waals surface area contributed by atoms with Gasteiger partial charge in [-0.1, -0.05) is 45.9 Å². The van der Waals surface area contributed by atoms with Gasteiger partial charge in [0.05, 0.1) is 4.90 Å². The Kier molecular flexibility index (Phi) is 6.21. The van der Waals surface area contributed by atoms with Crippen LogP contribution in [0, 0.1) is 12.8 Å². The van der Waals surface area contributed by atoms with Gasteiger partial charge in [0, 0.05) is 12.6 Å². The first-order valence-corrected chi connectivity index (χ1v) is 8.86. The second-order valence-electron chi connectivity index (χ2n) is 5.70. The molecule has 0 saturated carbocycles. The summed E-state index contributed by atoms with van der Waals surface area (Å²) in [5.41, 5.74) is 0.812. The van der Waals surface area contributed by atoms with Crippen molar-refractivity contribution in [2.45, 2.75) is 58.4 Å².